The van der Waals surface area contributed by atoms with E-state index < -0.39 is 0 Å². The van der Waals surface area contributed by atoms with Crippen LogP contribution in [0.15, 0.2) is 54.6 Å². The van der Waals surface area contributed by atoms with Gasteiger partial charge in [-0.3, -0.25) is 4.79 Å². The number of urea groups is 1. The molecule has 3 amide bonds. The number of para-hydroxylation sites is 1. The first-order valence-electron chi connectivity index (χ1n) is 10.0. The Bertz CT molecular complexity index is 847. The van der Waals surface area contributed by atoms with Crippen LogP contribution >= 0.6 is 11.8 Å². The van der Waals surface area contributed by atoms with E-state index in [4.69, 9.17) is 0 Å². The molecule has 0 spiro atoms. The van der Waals surface area contributed by atoms with Crippen molar-refractivity contribution < 1.29 is 9.59 Å². The highest BCUT2D eigenvalue weighted by atomic mass is 32.2. The van der Waals surface area contributed by atoms with Crippen molar-refractivity contribution in [3.8, 4) is 0 Å². The van der Waals surface area contributed by atoms with E-state index in [9.17, 15) is 9.59 Å². The number of nitrogens with zero attached hydrogens (tertiary/aromatic N) is 3. The Hall–Kier alpha value is -2.67. The molecule has 0 radical (unpaired) electrons. The minimum atomic E-state index is -0.114. The lowest BCUT2D eigenvalue weighted by Gasteiger charge is -2.36. The van der Waals surface area contributed by atoms with Crippen LogP contribution in [0.2, 0.25) is 0 Å². The van der Waals surface area contributed by atoms with E-state index in [1.807, 2.05) is 58.0 Å². The van der Waals surface area contributed by atoms with Crippen LogP contribution < -0.4 is 10.2 Å². The van der Waals surface area contributed by atoms with Gasteiger partial charge in [0, 0.05) is 67.7 Å². The molecule has 2 aliphatic rings. The molecular formula is C22H26N4O2S. The maximum Gasteiger partial charge on any atom is 0.321 e. The Kier molecular flexibility index (Phi) is 6.24. The highest BCUT2D eigenvalue weighted by Crippen LogP contribution is 2.18. The molecule has 0 aliphatic carbocycles. The van der Waals surface area contributed by atoms with E-state index in [1.165, 1.54) is 5.69 Å². The average molecular weight is 411 g/mol. The Morgan fingerprint density at radius 3 is 2.24 bits per heavy atom. The standard InChI is InChI=1S/C22H26N4O2S/c27-21(25-13-15-29-16-14-25)18-5-4-6-19(17-18)23-22(28)26-11-9-24(10-12-26)20-7-2-1-3-8-20/h1-8,17H,9-16H2,(H,23,28). The van der Waals surface area contributed by atoms with E-state index in [1.54, 1.807) is 6.07 Å². The van der Waals surface area contributed by atoms with Gasteiger partial charge in [0.25, 0.3) is 5.91 Å². The van der Waals surface area contributed by atoms with Crippen LogP contribution in [0.5, 0.6) is 0 Å². The number of rotatable bonds is 3. The summed E-state index contributed by atoms with van der Waals surface area (Å²) in [6, 6.07) is 17.4. The number of amides is 3. The van der Waals surface area contributed by atoms with Gasteiger partial charge in [0.2, 0.25) is 0 Å². The van der Waals surface area contributed by atoms with Gasteiger partial charge in [-0.2, -0.15) is 11.8 Å². The van der Waals surface area contributed by atoms with Crippen molar-refractivity contribution in [2.45, 2.75) is 0 Å². The summed E-state index contributed by atoms with van der Waals surface area (Å²) in [5, 5.41) is 2.96. The molecule has 2 fully saturated rings. The Balaban J connectivity index is 1.33. The predicted molar refractivity (Wildman–Crippen MR) is 119 cm³/mol. The van der Waals surface area contributed by atoms with Gasteiger partial charge in [-0.15, -0.1) is 0 Å². The highest BCUT2D eigenvalue weighted by Gasteiger charge is 2.22. The van der Waals surface area contributed by atoms with E-state index in [0.29, 0.717) is 24.3 Å². The monoisotopic (exact) mass is 410 g/mol. The molecule has 4 rings (SSSR count). The predicted octanol–water partition coefficient (Wildman–Crippen LogP) is 3.23. The van der Waals surface area contributed by atoms with Crippen LogP contribution in [0.3, 0.4) is 0 Å². The maximum absolute atomic E-state index is 12.7. The molecule has 2 heterocycles. The molecule has 2 aromatic rings. The summed E-state index contributed by atoms with van der Waals surface area (Å²) >= 11 is 1.88. The smallest absolute Gasteiger partial charge is 0.321 e. The average Bonchev–Trinajstić information content (AvgIpc) is 2.80. The quantitative estimate of drug-likeness (QED) is 0.844. The third kappa shape index (κ3) is 4.85. The highest BCUT2D eigenvalue weighted by molar-refractivity contribution is 7.99. The molecular weight excluding hydrogens is 384 g/mol. The SMILES string of the molecule is O=C(Nc1cccc(C(=O)N2CCSCC2)c1)N1CCN(c2ccccc2)CC1. The topological polar surface area (TPSA) is 55.9 Å². The van der Waals surface area contributed by atoms with Gasteiger partial charge in [0.05, 0.1) is 0 Å². The van der Waals surface area contributed by atoms with Gasteiger partial charge in [-0.05, 0) is 30.3 Å². The summed E-state index contributed by atoms with van der Waals surface area (Å²) in [5.74, 6) is 2.01. The van der Waals surface area contributed by atoms with E-state index in [2.05, 4.69) is 22.3 Å². The van der Waals surface area contributed by atoms with Crippen molar-refractivity contribution in [2.24, 2.45) is 0 Å². The third-order valence-corrected chi connectivity index (χ3v) is 6.29. The lowest BCUT2D eigenvalue weighted by molar-refractivity contribution is 0.0772. The Labute approximate surface area is 175 Å². The van der Waals surface area contributed by atoms with Crippen molar-refractivity contribution in [1.82, 2.24) is 9.80 Å². The second kappa shape index (κ2) is 9.22. The number of nitrogens with one attached hydrogen (secondary N) is 1. The van der Waals surface area contributed by atoms with Crippen LogP contribution in [-0.2, 0) is 0 Å². The molecule has 1 N–H and O–H groups in total. The largest absolute Gasteiger partial charge is 0.368 e. The summed E-state index contributed by atoms with van der Waals surface area (Å²) in [7, 11) is 0. The fourth-order valence-electron chi connectivity index (χ4n) is 3.69. The van der Waals surface area contributed by atoms with E-state index in [0.717, 1.165) is 37.7 Å². The van der Waals surface area contributed by atoms with Crippen LogP contribution in [0.4, 0.5) is 16.2 Å². The van der Waals surface area contributed by atoms with Crippen molar-refractivity contribution in [1.29, 1.82) is 0 Å². The third-order valence-electron chi connectivity index (χ3n) is 5.35. The Morgan fingerprint density at radius 1 is 0.793 bits per heavy atom. The zero-order valence-corrected chi connectivity index (χ0v) is 17.2. The van der Waals surface area contributed by atoms with Gasteiger partial charge in [0.1, 0.15) is 0 Å². The fraction of sp³-hybridized carbons (Fsp3) is 0.364. The first-order chi connectivity index (χ1) is 14.2. The first-order valence-corrected chi connectivity index (χ1v) is 11.2. The molecule has 29 heavy (non-hydrogen) atoms. The number of benzene rings is 2. The van der Waals surface area contributed by atoms with Crippen molar-refractivity contribution in [3.05, 3.63) is 60.2 Å². The van der Waals surface area contributed by atoms with Crippen LogP contribution in [0.1, 0.15) is 10.4 Å². The van der Waals surface area contributed by atoms with Crippen molar-refractivity contribution >= 4 is 35.1 Å². The molecule has 7 heteroatoms. The zero-order valence-electron chi connectivity index (χ0n) is 16.4. The number of piperazine rings is 1. The van der Waals surface area contributed by atoms with Gasteiger partial charge in [0.15, 0.2) is 0 Å². The Morgan fingerprint density at radius 2 is 1.52 bits per heavy atom. The number of anilines is 2. The second-order valence-corrected chi connectivity index (χ2v) is 8.45. The van der Waals surface area contributed by atoms with Gasteiger partial charge < -0.3 is 20.0 Å². The van der Waals surface area contributed by atoms with Gasteiger partial charge in [-0.1, -0.05) is 24.3 Å². The molecule has 0 aromatic heterocycles. The molecule has 152 valence electrons. The molecule has 2 saturated heterocycles. The molecule has 6 nitrogen and oxygen atoms in total. The van der Waals surface area contributed by atoms with E-state index in [-0.39, 0.29) is 11.9 Å². The molecule has 0 unspecified atom stereocenters. The summed E-state index contributed by atoms with van der Waals surface area (Å²) in [6.45, 7) is 4.53. The molecule has 2 aromatic carbocycles. The number of hydrogen-bond acceptors (Lipinski definition) is 4. The summed E-state index contributed by atoms with van der Waals surface area (Å²) in [6.07, 6.45) is 0. The lowest BCUT2D eigenvalue weighted by Crippen LogP contribution is -2.50. The van der Waals surface area contributed by atoms with E-state index >= 15 is 0 Å². The van der Waals surface area contributed by atoms with Gasteiger partial charge >= 0.3 is 6.03 Å². The molecule has 0 bridgehead atoms. The first kappa shape index (κ1) is 19.6. The second-order valence-electron chi connectivity index (χ2n) is 7.23. The fourth-order valence-corrected chi connectivity index (χ4v) is 4.59. The van der Waals surface area contributed by atoms with Crippen LogP contribution in [0, 0.1) is 0 Å². The molecule has 0 atom stereocenters. The van der Waals surface area contributed by atoms with Gasteiger partial charge in [-0.25, -0.2) is 4.79 Å². The normalized spacial score (nSPS) is 17.2. The lowest BCUT2D eigenvalue weighted by atomic mass is 10.1. The molecule has 2 aliphatic heterocycles. The van der Waals surface area contributed by atoms with Crippen molar-refractivity contribution in [2.75, 3.05) is 61.0 Å². The number of thioether (sulfide) groups is 1. The van der Waals surface area contributed by atoms with Crippen LogP contribution in [0.25, 0.3) is 0 Å². The summed E-state index contributed by atoms with van der Waals surface area (Å²) in [5.41, 5.74) is 2.48. The maximum atomic E-state index is 12.7. The number of carbonyl (C=O) groups is 2. The van der Waals surface area contributed by atoms with Crippen molar-refractivity contribution in [3.63, 3.8) is 0 Å². The minimum Gasteiger partial charge on any atom is -0.368 e. The molecule has 0 saturated carbocycles. The summed E-state index contributed by atoms with van der Waals surface area (Å²) in [4.78, 5) is 31.4. The number of carbonyl (C=O) groups excluding carboxylic acids is 2. The number of hydrogen-bond donors (Lipinski definition) is 1. The zero-order chi connectivity index (χ0) is 20.1. The summed E-state index contributed by atoms with van der Waals surface area (Å²) < 4.78 is 0. The van der Waals surface area contributed by atoms with Crippen LogP contribution in [-0.4, -0.2) is 72.5 Å². The minimum absolute atomic E-state index is 0.0397.